The SMILES string of the molecule is C=C=CN(Cc1ccccc1I)S(=O)(=O)c1ccc(C)cc1. The molecule has 2 aromatic carbocycles. The smallest absolute Gasteiger partial charge is 0.261 e. The van der Waals surface area contributed by atoms with Crippen molar-refractivity contribution in [3.8, 4) is 0 Å². The Kier molecular flexibility index (Phi) is 5.45. The number of aryl methyl sites for hydroxylation is 1. The van der Waals surface area contributed by atoms with E-state index < -0.39 is 10.0 Å². The molecule has 22 heavy (non-hydrogen) atoms. The van der Waals surface area contributed by atoms with Crippen molar-refractivity contribution in [2.45, 2.75) is 18.4 Å². The molecule has 0 saturated heterocycles. The standard InChI is InChI=1S/C17H16INO2S/c1-3-12-19(13-15-6-4-5-7-17(15)18)22(20,21)16-10-8-14(2)9-11-16/h4-12H,1,13H2,2H3. The summed E-state index contributed by atoms with van der Waals surface area (Å²) in [7, 11) is -3.62. The number of nitrogens with zero attached hydrogens (tertiary/aromatic N) is 1. The Morgan fingerprint density at radius 3 is 2.41 bits per heavy atom. The zero-order valence-corrected chi connectivity index (χ0v) is 15.1. The van der Waals surface area contributed by atoms with Crippen LogP contribution in [0, 0.1) is 10.5 Å². The van der Waals surface area contributed by atoms with E-state index in [-0.39, 0.29) is 11.4 Å². The van der Waals surface area contributed by atoms with E-state index in [0.717, 1.165) is 14.7 Å². The van der Waals surface area contributed by atoms with Gasteiger partial charge >= 0.3 is 0 Å². The van der Waals surface area contributed by atoms with Crippen molar-refractivity contribution >= 4 is 32.6 Å². The maximum absolute atomic E-state index is 12.8. The van der Waals surface area contributed by atoms with E-state index in [1.807, 2.05) is 31.2 Å². The molecule has 0 aliphatic carbocycles. The second-order valence-electron chi connectivity index (χ2n) is 4.79. The van der Waals surface area contributed by atoms with Crippen molar-refractivity contribution in [3.05, 3.63) is 81.7 Å². The van der Waals surface area contributed by atoms with E-state index in [0.29, 0.717) is 0 Å². The number of hydrogen-bond donors (Lipinski definition) is 0. The predicted molar refractivity (Wildman–Crippen MR) is 96.8 cm³/mol. The van der Waals surface area contributed by atoms with Gasteiger partial charge in [-0.25, -0.2) is 8.42 Å². The number of rotatable bonds is 5. The number of hydrogen-bond acceptors (Lipinski definition) is 2. The van der Waals surface area contributed by atoms with Crippen molar-refractivity contribution < 1.29 is 8.42 Å². The first-order chi connectivity index (χ1) is 10.4. The molecule has 0 aliphatic heterocycles. The zero-order valence-electron chi connectivity index (χ0n) is 12.2. The second kappa shape index (κ2) is 7.13. The van der Waals surface area contributed by atoms with Crippen LogP contribution in [0.2, 0.25) is 0 Å². The Morgan fingerprint density at radius 2 is 1.82 bits per heavy atom. The van der Waals surface area contributed by atoms with E-state index in [1.165, 1.54) is 10.5 Å². The average Bonchev–Trinajstić information content (AvgIpc) is 2.49. The highest BCUT2D eigenvalue weighted by atomic mass is 127. The molecule has 0 N–H and O–H groups in total. The number of benzene rings is 2. The van der Waals surface area contributed by atoms with Crippen LogP contribution in [0.3, 0.4) is 0 Å². The van der Waals surface area contributed by atoms with Crippen molar-refractivity contribution in [1.29, 1.82) is 0 Å². The summed E-state index contributed by atoms with van der Waals surface area (Å²) >= 11 is 2.20. The third-order valence-corrected chi connectivity index (χ3v) is 5.92. The van der Waals surface area contributed by atoms with Gasteiger partial charge in [-0.3, -0.25) is 4.31 Å². The molecular weight excluding hydrogens is 409 g/mol. The molecule has 0 fully saturated rings. The van der Waals surface area contributed by atoms with Crippen LogP contribution in [0.15, 0.2) is 71.9 Å². The van der Waals surface area contributed by atoms with Crippen molar-refractivity contribution in [3.63, 3.8) is 0 Å². The molecule has 0 aliphatic rings. The Morgan fingerprint density at radius 1 is 1.18 bits per heavy atom. The highest BCUT2D eigenvalue weighted by Gasteiger charge is 2.22. The van der Waals surface area contributed by atoms with Gasteiger partial charge in [-0.15, -0.1) is 5.73 Å². The number of halogens is 1. The van der Waals surface area contributed by atoms with Crippen LogP contribution in [0.5, 0.6) is 0 Å². The largest absolute Gasteiger partial charge is 0.264 e. The molecule has 0 spiro atoms. The van der Waals surface area contributed by atoms with Gasteiger partial charge in [0.2, 0.25) is 0 Å². The fourth-order valence-electron chi connectivity index (χ4n) is 1.94. The van der Waals surface area contributed by atoms with Crippen molar-refractivity contribution in [2.75, 3.05) is 0 Å². The molecule has 0 atom stereocenters. The fourth-order valence-corrected chi connectivity index (χ4v) is 3.77. The van der Waals surface area contributed by atoms with E-state index in [9.17, 15) is 8.42 Å². The van der Waals surface area contributed by atoms with Gasteiger partial charge in [0, 0.05) is 3.57 Å². The van der Waals surface area contributed by atoms with Crippen molar-refractivity contribution in [1.82, 2.24) is 4.31 Å². The molecule has 0 heterocycles. The molecule has 0 amide bonds. The second-order valence-corrected chi connectivity index (χ2v) is 7.84. The van der Waals surface area contributed by atoms with E-state index in [4.69, 9.17) is 0 Å². The minimum Gasteiger partial charge on any atom is -0.261 e. The molecule has 2 rings (SSSR count). The van der Waals surface area contributed by atoms with Crippen LogP contribution in [-0.2, 0) is 16.6 Å². The van der Waals surface area contributed by atoms with Crippen LogP contribution in [0.4, 0.5) is 0 Å². The van der Waals surface area contributed by atoms with Gasteiger partial charge in [-0.2, -0.15) is 0 Å². The lowest BCUT2D eigenvalue weighted by atomic mass is 10.2. The summed E-state index contributed by atoms with van der Waals surface area (Å²) in [5, 5.41) is 0. The molecule has 0 unspecified atom stereocenters. The predicted octanol–water partition coefficient (Wildman–Crippen LogP) is 4.09. The Balaban J connectivity index is 2.41. The lowest BCUT2D eigenvalue weighted by Crippen LogP contribution is -2.25. The fraction of sp³-hybridized carbons (Fsp3) is 0.118. The molecule has 114 valence electrons. The van der Waals surface area contributed by atoms with Crippen LogP contribution >= 0.6 is 22.6 Å². The molecule has 0 radical (unpaired) electrons. The van der Waals surface area contributed by atoms with Gasteiger partial charge < -0.3 is 0 Å². The summed E-state index contributed by atoms with van der Waals surface area (Å²) < 4.78 is 27.8. The first kappa shape index (κ1) is 16.8. The minimum absolute atomic E-state index is 0.248. The molecule has 0 saturated carbocycles. The van der Waals surface area contributed by atoms with E-state index in [2.05, 4.69) is 34.9 Å². The maximum atomic E-state index is 12.8. The van der Waals surface area contributed by atoms with Gasteiger partial charge in [0.25, 0.3) is 10.0 Å². The Hall–Kier alpha value is -1.56. The Bertz CT molecular complexity index is 807. The third kappa shape index (κ3) is 3.80. The topological polar surface area (TPSA) is 37.4 Å². The maximum Gasteiger partial charge on any atom is 0.264 e. The highest BCUT2D eigenvalue weighted by molar-refractivity contribution is 14.1. The quantitative estimate of drug-likeness (QED) is 0.535. The number of sulfonamides is 1. The molecule has 0 aromatic heterocycles. The first-order valence-electron chi connectivity index (χ1n) is 6.63. The first-order valence-corrected chi connectivity index (χ1v) is 9.15. The summed E-state index contributed by atoms with van der Waals surface area (Å²) in [5.41, 5.74) is 4.52. The van der Waals surface area contributed by atoms with Crippen molar-refractivity contribution in [2.24, 2.45) is 0 Å². The van der Waals surface area contributed by atoms with Gasteiger partial charge in [0.1, 0.15) is 0 Å². The third-order valence-electron chi connectivity index (χ3n) is 3.15. The summed E-state index contributed by atoms with van der Waals surface area (Å²) in [6.07, 6.45) is 1.37. The molecule has 5 heteroatoms. The normalized spacial score (nSPS) is 10.8. The van der Waals surface area contributed by atoms with Gasteiger partial charge in [0.05, 0.1) is 17.6 Å². The summed E-state index contributed by atoms with van der Waals surface area (Å²) in [4.78, 5) is 0.260. The van der Waals surface area contributed by atoms with Crippen LogP contribution in [0.25, 0.3) is 0 Å². The minimum atomic E-state index is -3.62. The zero-order chi connectivity index (χ0) is 16.2. The average molecular weight is 425 g/mol. The highest BCUT2D eigenvalue weighted by Crippen LogP contribution is 2.21. The molecule has 0 bridgehead atoms. The summed E-state index contributed by atoms with van der Waals surface area (Å²) in [6.45, 7) is 5.67. The van der Waals surface area contributed by atoms with E-state index in [1.54, 1.807) is 24.3 Å². The molecular formula is C17H16INO2S. The summed E-state index contributed by atoms with van der Waals surface area (Å²) in [6, 6.07) is 14.5. The lowest BCUT2D eigenvalue weighted by Gasteiger charge is -2.20. The molecule has 3 nitrogen and oxygen atoms in total. The van der Waals surface area contributed by atoms with Gasteiger partial charge in [0.15, 0.2) is 0 Å². The monoisotopic (exact) mass is 425 g/mol. The van der Waals surface area contributed by atoms with Crippen LogP contribution < -0.4 is 0 Å². The summed E-state index contributed by atoms with van der Waals surface area (Å²) in [5.74, 6) is 0. The van der Waals surface area contributed by atoms with Gasteiger partial charge in [-0.05, 0) is 53.3 Å². The Labute approximate surface area is 145 Å². The van der Waals surface area contributed by atoms with Crippen LogP contribution in [-0.4, -0.2) is 12.7 Å². The lowest BCUT2D eigenvalue weighted by molar-refractivity contribution is 0.495. The van der Waals surface area contributed by atoms with Crippen LogP contribution in [0.1, 0.15) is 11.1 Å². The van der Waals surface area contributed by atoms with Gasteiger partial charge in [-0.1, -0.05) is 42.5 Å². The molecule has 2 aromatic rings. The van der Waals surface area contributed by atoms with E-state index >= 15 is 0 Å².